The molecule has 3 aliphatic heterocycles. The highest BCUT2D eigenvalue weighted by atomic mass is 16.5. The van der Waals surface area contributed by atoms with Crippen LogP contribution in [0, 0.1) is 0 Å². The van der Waals surface area contributed by atoms with Crippen molar-refractivity contribution < 1.29 is 4.74 Å². The topological polar surface area (TPSA) is 45.6 Å². The Morgan fingerprint density at radius 1 is 1.13 bits per heavy atom. The lowest BCUT2D eigenvalue weighted by Gasteiger charge is -2.26. The summed E-state index contributed by atoms with van der Waals surface area (Å²) in [7, 11) is 0. The summed E-state index contributed by atoms with van der Waals surface area (Å²) in [6.45, 7) is 10.6. The number of likely N-dealkylation sites (tertiary alicyclic amines) is 1. The number of hydrogen-bond acceptors (Lipinski definition) is 5. The second-order valence-corrected chi connectivity index (χ2v) is 7.12. The van der Waals surface area contributed by atoms with E-state index in [2.05, 4.69) is 25.9 Å². The maximum absolute atomic E-state index is 6.10. The van der Waals surface area contributed by atoms with Crippen molar-refractivity contribution in [2.45, 2.75) is 45.0 Å². The SMILES string of the molecule is c1c(CN2CCCO[C@H](CN3CCCC3)C2)nn2c1CNCC2. The van der Waals surface area contributed by atoms with Crippen molar-refractivity contribution in [1.29, 1.82) is 0 Å². The zero-order valence-corrected chi connectivity index (χ0v) is 14.0. The number of aromatic nitrogens is 2. The number of ether oxygens (including phenoxy) is 1. The van der Waals surface area contributed by atoms with Crippen LogP contribution in [-0.4, -0.2) is 71.6 Å². The van der Waals surface area contributed by atoms with E-state index in [9.17, 15) is 0 Å². The summed E-state index contributed by atoms with van der Waals surface area (Å²) >= 11 is 0. The minimum absolute atomic E-state index is 0.356. The van der Waals surface area contributed by atoms with E-state index in [1.807, 2.05) is 0 Å². The Morgan fingerprint density at radius 2 is 2.00 bits per heavy atom. The van der Waals surface area contributed by atoms with E-state index in [-0.39, 0.29) is 0 Å². The molecule has 6 nitrogen and oxygen atoms in total. The quantitative estimate of drug-likeness (QED) is 0.884. The lowest BCUT2D eigenvalue weighted by atomic mass is 10.2. The van der Waals surface area contributed by atoms with Crippen molar-refractivity contribution in [1.82, 2.24) is 24.9 Å². The third kappa shape index (κ3) is 3.94. The van der Waals surface area contributed by atoms with Crippen LogP contribution in [0.4, 0.5) is 0 Å². The molecule has 0 aliphatic carbocycles. The lowest BCUT2D eigenvalue weighted by molar-refractivity contribution is 0.0306. The van der Waals surface area contributed by atoms with Crippen molar-refractivity contribution >= 4 is 0 Å². The standard InChI is InChI=1S/C17H29N5O/c1-2-6-20(5-1)13-17-14-21(7-3-9-23-17)12-15-10-16-11-18-4-8-22(16)19-15/h10,17-18H,1-9,11-14H2/t17-/m1/s1. The van der Waals surface area contributed by atoms with E-state index < -0.39 is 0 Å². The minimum Gasteiger partial charge on any atom is -0.376 e. The summed E-state index contributed by atoms with van der Waals surface area (Å²) in [6, 6.07) is 2.27. The second kappa shape index (κ2) is 7.30. The van der Waals surface area contributed by atoms with Gasteiger partial charge in [-0.25, -0.2) is 0 Å². The molecule has 0 spiro atoms. The van der Waals surface area contributed by atoms with Crippen LogP contribution >= 0.6 is 0 Å². The lowest BCUT2D eigenvalue weighted by Crippen LogP contribution is -2.39. The third-order valence-corrected chi connectivity index (χ3v) is 5.20. The Balaban J connectivity index is 1.36. The maximum Gasteiger partial charge on any atom is 0.0828 e. The fourth-order valence-electron chi connectivity index (χ4n) is 4.04. The monoisotopic (exact) mass is 319 g/mol. The molecule has 1 N–H and O–H groups in total. The fourth-order valence-corrected chi connectivity index (χ4v) is 4.04. The molecule has 0 aromatic carbocycles. The van der Waals surface area contributed by atoms with Crippen LogP contribution in [0.1, 0.15) is 30.7 Å². The van der Waals surface area contributed by atoms with Gasteiger partial charge in [-0.2, -0.15) is 5.10 Å². The predicted octanol–water partition coefficient (Wildman–Crippen LogP) is 0.673. The van der Waals surface area contributed by atoms with E-state index in [4.69, 9.17) is 9.84 Å². The van der Waals surface area contributed by atoms with Gasteiger partial charge in [-0.1, -0.05) is 0 Å². The molecule has 128 valence electrons. The summed E-state index contributed by atoms with van der Waals surface area (Å²) in [5, 5.41) is 8.20. The average molecular weight is 319 g/mol. The van der Waals surface area contributed by atoms with Crippen molar-refractivity contribution in [2.24, 2.45) is 0 Å². The van der Waals surface area contributed by atoms with E-state index >= 15 is 0 Å². The van der Waals surface area contributed by atoms with E-state index in [1.54, 1.807) is 0 Å². The molecule has 3 aliphatic rings. The van der Waals surface area contributed by atoms with Crippen LogP contribution in [0.25, 0.3) is 0 Å². The zero-order valence-electron chi connectivity index (χ0n) is 14.0. The molecule has 2 saturated heterocycles. The predicted molar refractivity (Wildman–Crippen MR) is 89.2 cm³/mol. The Kier molecular flexibility index (Phi) is 4.94. The van der Waals surface area contributed by atoms with Crippen LogP contribution in [0.15, 0.2) is 6.07 Å². The average Bonchev–Trinajstić information content (AvgIpc) is 3.14. The van der Waals surface area contributed by atoms with Crippen molar-refractivity contribution in [3.8, 4) is 0 Å². The van der Waals surface area contributed by atoms with Gasteiger partial charge >= 0.3 is 0 Å². The molecule has 23 heavy (non-hydrogen) atoms. The zero-order chi connectivity index (χ0) is 15.5. The minimum atomic E-state index is 0.356. The molecule has 1 atom stereocenters. The molecule has 6 heteroatoms. The highest BCUT2D eigenvalue weighted by Gasteiger charge is 2.23. The van der Waals surface area contributed by atoms with Gasteiger partial charge < -0.3 is 15.0 Å². The largest absolute Gasteiger partial charge is 0.376 e. The van der Waals surface area contributed by atoms with Gasteiger partial charge in [-0.15, -0.1) is 0 Å². The molecule has 0 unspecified atom stereocenters. The van der Waals surface area contributed by atoms with Gasteiger partial charge in [0.2, 0.25) is 0 Å². The molecule has 0 radical (unpaired) electrons. The van der Waals surface area contributed by atoms with Gasteiger partial charge in [0.1, 0.15) is 0 Å². The Hall–Kier alpha value is -0.950. The summed E-state index contributed by atoms with van der Waals surface area (Å²) in [6.07, 6.45) is 4.19. The Labute approximate surface area is 138 Å². The molecule has 2 fully saturated rings. The first-order valence-corrected chi connectivity index (χ1v) is 9.19. The highest BCUT2D eigenvalue weighted by Crippen LogP contribution is 2.15. The van der Waals surface area contributed by atoms with Crippen LogP contribution in [-0.2, 0) is 24.4 Å². The van der Waals surface area contributed by atoms with Gasteiger partial charge in [0.25, 0.3) is 0 Å². The van der Waals surface area contributed by atoms with E-state index in [0.29, 0.717) is 6.10 Å². The van der Waals surface area contributed by atoms with Gasteiger partial charge in [0, 0.05) is 45.9 Å². The number of hydrogen-bond donors (Lipinski definition) is 1. The maximum atomic E-state index is 6.10. The summed E-state index contributed by atoms with van der Waals surface area (Å²) in [5.41, 5.74) is 2.54. The summed E-state index contributed by atoms with van der Waals surface area (Å²) in [4.78, 5) is 5.10. The number of nitrogens with zero attached hydrogens (tertiary/aromatic N) is 4. The molecule has 1 aromatic rings. The first-order valence-electron chi connectivity index (χ1n) is 9.19. The smallest absolute Gasteiger partial charge is 0.0828 e. The van der Waals surface area contributed by atoms with Crippen molar-refractivity contribution in [3.05, 3.63) is 17.5 Å². The first kappa shape index (κ1) is 15.6. The number of fused-ring (bicyclic) bond motifs is 1. The van der Waals surface area contributed by atoms with Crippen LogP contribution in [0.5, 0.6) is 0 Å². The summed E-state index contributed by atoms with van der Waals surface area (Å²) in [5.74, 6) is 0. The molecular weight excluding hydrogens is 290 g/mol. The molecule has 1 aromatic heterocycles. The third-order valence-electron chi connectivity index (χ3n) is 5.20. The van der Waals surface area contributed by atoms with Crippen molar-refractivity contribution in [2.75, 3.05) is 45.9 Å². The molecule has 0 bridgehead atoms. The van der Waals surface area contributed by atoms with Crippen LogP contribution < -0.4 is 5.32 Å². The fraction of sp³-hybridized carbons (Fsp3) is 0.824. The second-order valence-electron chi connectivity index (χ2n) is 7.12. The van der Waals surface area contributed by atoms with Crippen LogP contribution in [0.2, 0.25) is 0 Å². The number of rotatable bonds is 4. The molecule has 0 amide bonds. The first-order chi connectivity index (χ1) is 11.4. The van der Waals surface area contributed by atoms with Gasteiger partial charge in [-0.3, -0.25) is 9.58 Å². The molecule has 0 saturated carbocycles. The molecule has 4 heterocycles. The number of nitrogens with one attached hydrogen (secondary N) is 1. The van der Waals surface area contributed by atoms with Crippen LogP contribution in [0.3, 0.4) is 0 Å². The van der Waals surface area contributed by atoms with E-state index in [1.165, 1.54) is 37.3 Å². The highest BCUT2D eigenvalue weighted by molar-refractivity contribution is 5.11. The van der Waals surface area contributed by atoms with E-state index in [0.717, 1.165) is 58.8 Å². The van der Waals surface area contributed by atoms with Crippen molar-refractivity contribution in [3.63, 3.8) is 0 Å². The van der Waals surface area contributed by atoms with Gasteiger partial charge in [-0.05, 0) is 38.4 Å². The van der Waals surface area contributed by atoms with Gasteiger partial charge in [0.05, 0.1) is 24.0 Å². The Bertz CT molecular complexity index is 488. The van der Waals surface area contributed by atoms with Gasteiger partial charge in [0.15, 0.2) is 0 Å². The normalized spacial score (nSPS) is 27.0. The Morgan fingerprint density at radius 3 is 2.87 bits per heavy atom. The molecule has 4 rings (SSSR count). The molecular formula is C17H29N5O. The summed E-state index contributed by atoms with van der Waals surface area (Å²) < 4.78 is 8.26.